The van der Waals surface area contributed by atoms with Gasteiger partial charge in [0.2, 0.25) is 6.17 Å². The molecule has 1 aliphatic rings. The van der Waals surface area contributed by atoms with Crippen LogP contribution in [-0.4, -0.2) is 29.1 Å². The Morgan fingerprint density at radius 2 is 1.69 bits per heavy atom. The van der Waals surface area contributed by atoms with E-state index in [2.05, 4.69) is 0 Å². The average molecular weight is 422 g/mol. The Labute approximate surface area is 185 Å². The number of amides is 2. The van der Waals surface area contributed by atoms with Gasteiger partial charge in [-0.25, -0.2) is 4.99 Å². The van der Waals surface area contributed by atoms with Crippen LogP contribution in [0.5, 0.6) is 0 Å². The van der Waals surface area contributed by atoms with Crippen LogP contribution in [0.1, 0.15) is 33.3 Å². The fraction of sp³-hybridized carbons (Fsp3) is 0.115. The molecular formula is C26H22N4O2. The SMILES string of the molecule is Cc1ccc2c(c1)N(C)C(=O)C(n1c(C(N)=O)cc3ccccc31)N=C2c1ccccc1. The molecule has 0 fully saturated rings. The Hall–Kier alpha value is -4.19. The molecule has 5 rings (SSSR count). The first-order valence-electron chi connectivity index (χ1n) is 10.4. The molecule has 0 saturated carbocycles. The molecule has 6 heteroatoms. The molecule has 1 unspecified atom stereocenters. The van der Waals surface area contributed by atoms with E-state index < -0.39 is 12.1 Å². The highest BCUT2D eigenvalue weighted by molar-refractivity contribution is 6.20. The van der Waals surface area contributed by atoms with Gasteiger partial charge in [0.15, 0.2) is 0 Å². The van der Waals surface area contributed by atoms with Crippen molar-refractivity contribution in [2.24, 2.45) is 10.7 Å². The predicted octanol–water partition coefficient (Wildman–Crippen LogP) is 4.06. The molecule has 1 aromatic heterocycles. The predicted molar refractivity (Wildman–Crippen MR) is 126 cm³/mol. The van der Waals surface area contributed by atoms with Crippen LogP contribution >= 0.6 is 0 Å². The van der Waals surface area contributed by atoms with E-state index in [1.54, 1.807) is 22.6 Å². The standard InChI is InChI=1S/C26H22N4O2/c1-16-12-13-19-21(14-16)29(2)26(32)25(28-23(19)17-8-4-3-5-9-17)30-20-11-7-6-10-18(20)15-22(30)24(27)31/h3-15,25H,1-2H3,(H2,27,31). The number of anilines is 1. The van der Waals surface area contributed by atoms with Crippen LogP contribution in [0.25, 0.3) is 10.9 Å². The summed E-state index contributed by atoms with van der Waals surface area (Å²) in [4.78, 5) is 32.7. The second-order valence-electron chi connectivity index (χ2n) is 7.96. The van der Waals surface area contributed by atoms with Crippen molar-refractivity contribution >= 4 is 34.1 Å². The Bertz CT molecular complexity index is 1400. The summed E-state index contributed by atoms with van der Waals surface area (Å²) in [7, 11) is 1.74. The first-order chi connectivity index (χ1) is 15.5. The average Bonchev–Trinajstić information content (AvgIpc) is 3.15. The number of para-hydroxylation sites is 1. The third-order valence-corrected chi connectivity index (χ3v) is 5.86. The molecule has 0 aliphatic carbocycles. The van der Waals surface area contributed by atoms with Gasteiger partial charge in [-0.2, -0.15) is 0 Å². The van der Waals surface area contributed by atoms with E-state index in [9.17, 15) is 9.59 Å². The molecule has 158 valence electrons. The molecule has 0 spiro atoms. The van der Waals surface area contributed by atoms with Crippen LogP contribution in [0.4, 0.5) is 5.69 Å². The monoisotopic (exact) mass is 422 g/mol. The molecular weight excluding hydrogens is 400 g/mol. The lowest BCUT2D eigenvalue weighted by Crippen LogP contribution is -2.34. The number of aliphatic imine (C=N–C) groups is 1. The van der Waals surface area contributed by atoms with Gasteiger partial charge in [-0.1, -0.05) is 60.7 Å². The number of benzene rings is 3. The maximum atomic E-state index is 13.8. The van der Waals surface area contributed by atoms with E-state index in [1.807, 2.05) is 79.7 Å². The number of hydrogen-bond acceptors (Lipinski definition) is 3. The number of rotatable bonds is 3. The fourth-order valence-corrected chi connectivity index (χ4v) is 4.28. The highest BCUT2D eigenvalue weighted by Crippen LogP contribution is 2.34. The first kappa shape index (κ1) is 19.8. The first-order valence-corrected chi connectivity index (χ1v) is 10.4. The third-order valence-electron chi connectivity index (χ3n) is 5.86. The Morgan fingerprint density at radius 1 is 0.969 bits per heavy atom. The number of primary amides is 1. The van der Waals surface area contributed by atoms with Gasteiger partial charge in [0.1, 0.15) is 5.69 Å². The van der Waals surface area contributed by atoms with E-state index >= 15 is 0 Å². The molecule has 6 nitrogen and oxygen atoms in total. The number of nitrogens with two attached hydrogens (primary N) is 1. The largest absolute Gasteiger partial charge is 0.364 e. The Balaban J connectivity index is 1.83. The summed E-state index contributed by atoms with van der Waals surface area (Å²) in [5.74, 6) is -0.850. The van der Waals surface area contributed by atoms with Crippen LogP contribution in [-0.2, 0) is 4.79 Å². The second-order valence-corrected chi connectivity index (χ2v) is 7.96. The second kappa shape index (κ2) is 7.50. The quantitative estimate of drug-likeness (QED) is 0.540. The maximum absolute atomic E-state index is 13.8. The molecule has 3 aromatic carbocycles. The zero-order valence-electron chi connectivity index (χ0n) is 17.8. The summed E-state index contributed by atoms with van der Waals surface area (Å²) in [5.41, 5.74) is 11.0. The van der Waals surface area contributed by atoms with E-state index in [1.165, 1.54) is 0 Å². The third kappa shape index (κ3) is 3.08. The van der Waals surface area contributed by atoms with Gasteiger partial charge < -0.3 is 15.2 Å². The molecule has 32 heavy (non-hydrogen) atoms. The minimum atomic E-state index is -0.981. The van der Waals surface area contributed by atoms with Gasteiger partial charge in [-0.15, -0.1) is 0 Å². The number of benzodiazepines with no additional fused rings is 1. The van der Waals surface area contributed by atoms with E-state index in [4.69, 9.17) is 10.7 Å². The number of fused-ring (bicyclic) bond motifs is 2. The summed E-state index contributed by atoms with van der Waals surface area (Å²) in [6.07, 6.45) is -0.981. The molecule has 0 bridgehead atoms. The minimum Gasteiger partial charge on any atom is -0.364 e. The molecule has 0 saturated heterocycles. The van der Waals surface area contributed by atoms with Crippen LogP contribution in [0.15, 0.2) is 83.9 Å². The van der Waals surface area contributed by atoms with Crippen molar-refractivity contribution < 1.29 is 9.59 Å². The van der Waals surface area contributed by atoms with Crippen LogP contribution in [0.2, 0.25) is 0 Å². The lowest BCUT2D eigenvalue weighted by atomic mass is 9.99. The molecule has 1 atom stereocenters. The van der Waals surface area contributed by atoms with Gasteiger partial charge >= 0.3 is 0 Å². The number of aryl methyl sites for hydroxylation is 1. The molecule has 0 radical (unpaired) electrons. The number of likely N-dealkylation sites (N-methyl/N-ethyl adjacent to an activating group) is 1. The van der Waals surface area contributed by atoms with Crippen LogP contribution in [0.3, 0.4) is 0 Å². The van der Waals surface area contributed by atoms with Gasteiger partial charge in [-0.3, -0.25) is 9.59 Å². The number of carbonyl (C=O) groups excluding carboxylic acids is 2. The van der Waals surface area contributed by atoms with Gasteiger partial charge in [0, 0.05) is 23.6 Å². The summed E-state index contributed by atoms with van der Waals surface area (Å²) in [6.45, 7) is 1.99. The van der Waals surface area contributed by atoms with E-state index in [0.29, 0.717) is 5.71 Å². The van der Waals surface area contributed by atoms with Crippen molar-refractivity contribution in [1.29, 1.82) is 0 Å². The minimum absolute atomic E-state index is 0.244. The van der Waals surface area contributed by atoms with Crippen LogP contribution in [0, 0.1) is 6.92 Å². The van der Waals surface area contributed by atoms with Crippen molar-refractivity contribution in [2.75, 3.05) is 11.9 Å². The Morgan fingerprint density at radius 3 is 2.44 bits per heavy atom. The van der Waals surface area contributed by atoms with Gasteiger partial charge in [-0.05, 0) is 30.7 Å². The zero-order chi connectivity index (χ0) is 22.4. The zero-order valence-corrected chi connectivity index (χ0v) is 17.8. The smallest absolute Gasteiger partial charge is 0.272 e. The highest BCUT2D eigenvalue weighted by atomic mass is 16.2. The number of nitrogens with zero attached hydrogens (tertiary/aromatic N) is 3. The van der Waals surface area contributed by atoms with Crippen molar-refractivity contribution in [3.05, 3.63) is 101 Å². The van der Waals surface area contributed by atoms with Gasteiger partial charge in [0.05, 0.1) is 16.9 Å². The molecule has 4 aromatic rings. The topological polar surface area (TPSA) is 80.7 Å². The van der Waals surface area contributed by atoms with Crippen molar-refractivity contribution in [2.45, 2.75) is 13.1 Å². The summed E-state index contributed by atoms with van der Waals surface area (Å²) in [5, 5.41) is 0.825. The summed E-state index contributed by atoms with van der Waals surface area (Å²) >= 11 is 0. The normalized spacial score (nSPS) is 15.9. The lowest BCUT2D eigenvalue weighted by Gasteiger charge is -2.23. The number of hydrogen-bond donors (Lipinski definition) is 1. The number of aromatic nitrogens is 1. The number of carbonyl (C=O) groups is 2. The van der Waals surface area contributed by atoms with E-state index in [0.717, 1.165) is 33.3 Å². The van der Waals surface area contributed by atoms with Crippen molar-refractivity contribution in [3.63, 3.8) is 0 Å². The highest BCUT2D eigenvalue weighted by Gasteiger charge is 2.33. The lowest BCUT2D eigenvalue weighted by molar-refractivity contribution is -0.121. The molecule has 2 amide bonds. The van der Waals surface area contributed by atoms with Crippen molar-refractivity contribution in [3.8, 4) is 0 Å². The maximum Gasteiger partial charge on any atom is 0.272 e. The Kier molecular flexibility index (Phi) is 4.63. The fourth-order valence-electron chi connectivity index (χ4n) is 4.28. The molecule has 2 heterocycles. The van der Waals surface area contributed by atoms with Crippen molar-refractivity contribution in [1.82, 2.24) is 4.57 Å². The van der Waals surface area contributed by atoms with Crippen LogP contribution < -0.4 is 10.6 Å². The van der Waals surface area contributed by atoms with E-state index in [-0.39, 0.29) is 11.6 Å². The molecule has 1 aliphatic heterocycles. The molecule has 2 N–H and O–H groups in total. The summed E-state index contributed by atoms with van der Waals surface area (Å²) in [6, 6.07) is 25.0. The van der Waals surface area contributed by atoms with Gasteiger partial charge in [0.25, 0.3) is 11.8 Å². The summed E-state index contributed by atoms with van der Waals surface area (Å²) < 4.78 is 1.65.